The maximum absolute atomic E-state index is 12.4. The number of likely N-dealkylation sites (N-methyl/N-ethyl adjacent to an activating group) is 1. The van der Waals surface area contributed by atoms with Crippen LogP contribution in [0.25, 0.3) is 0 Å². The van der Waals surface area contributed by atoms with Crippen molar-refractivity contribution in [1.82, 2.24) is 5.32 Å². The molecule has 0 aromatic heterocycles. The molecule has 98 valence electrons. The molecule has 0 aliphatic carbocycles. The lowest BCUT2D eigenvalue weighted by atomic mass is 10.00. The van der Waals surface area contributed by atoms with Crippen molar-refractivity contribution in [2.24, 2.45) is 0 Å². The van der Waals surface area contributed by atoms with E-state index < -0.39 is 0 Å². The first-order valence-electron chi connectivity index (χ1n) is 6.43. The Morgan fingerprint density at radius 3 is 2.83 bits per heavy atom. The molecule has 1 atom stereocenters. The quantitative estimate of drug-likeness (QED) is 0.786. The van der Waals surface area contributed by atoms with Gasteiger partial charge in [-0.3, -0.25) is 4.79 Å². The van der Waals surface area contributed by atoms with E-state index in [4.69, 9.17) is 9.47 Å². The van der Waals surface area contributed by atoms with Crippen LogP contribution in [0.15, 0.2) is 18.2 Å². The van der Waals surface area contributed by atoms with Crippen LogP contribution in [0.4, 0.5) is 0 Å². The van der Waals surface area contributed by atoms with Crippen molar-refractivity contribution >= 4 is 5.78 Å². The zero-order valence-electron chi connectivity index (χ0n) is 10.9. The normalized spacial score (nSPS) is 14.6. The van der Waals surface area contributed by atoms with Crippen molar-refractivity contribution in [3.05, 3.63) is 23.8 Å². The number of hydrogen-bond acceptors (Lipinski definition) is 4. The van der Waals surface area contributed by atoms with Gasteiger partial charge in [0.05, 0.1) is 6.04 Å². The zero-order chi connectivity index (χ0) is 13.0. The molecule has 2 rings (SSSR count). The Morgan fingerprint density at radius 2 is 2.11 bits per heavy atom. The van der Waals surface area contributed by atoms with Crippen molar-refractivity contribution in [1.29, 1.82) is 0 Å². The van der Waals surface area contributed by atoms with Crippen molar-refractivity contribution in [3.63, 3.8) is 0 Å². The molecule has 0 saturated carbocycles. The molecule has 18 heavy (non-hydrogen) atoms. The van der Waals surface area contributed by atoms with Crippen LogP contribution in [-0.2, 0) is 0 Å². The standard InChI is InChI=1S/C14H19NO3/c1-3-5-11(15-4-2)14(16)10-6-7-12-13(8-10)18-9-17-12/h6-8,11,15H,3-5,9H2,1-2H3/t11-/m0/s1. The minimum atomic E-state index is -0.111. The summed E-state index contributed by atoms with van der Waals surface area (Å²) < 4.78 is 10.5. The molecule has 0 radical (unpaired) electrons. The second kappa shape index (κ2) is 5.87. The molecule has 1 aromatic rings. The van der Waals surface area contributed by atoms with E-state index in [1.165, 1.54) is 0 Å². The first-order chi connectivity index (χ1) is 8.76. The highest BCUT2D eigenvalue weighted by Crippen LogP contribution is 2.32. The van der Waals surface area contributed by atoms with Gasteiger partial charge in [0.1, 0.15) is 0 Å². The van der Waals surface area contributed by atoms with Crippen LogP contribution in [-0.4, -0.2) is 25.2 Å². The maximum Gasteiger partial charge on any atom is 0.231 e. The largest absolute Gasteiger partial charge is 0.454 e. The maximum atomic E-state index is 12.4. The number of carbonyl (C=O) groups excluding carboxylic acids is 1. The van der Waals surface area contributed by atoms with Gasteiger partial charge in [-0.2, -0.15) is 0 Å². The summed E-state index contributed by atoms with van der Waals surface area (Å²) in [6, 6.07) is 5.26. The number of fused-ring (bicyclic) bond motifs is 1. The van der Waals surface area contributed by atoms with Crippen LogP contribution < -0.4 is 14.8 Å². The number of hydrogen-bond donors (Lipinski definition) is 1. The van der Waals surface area contributed by atoms with E-state index in [9.17, 15) is 4.79 Å². The summed E-state index contributed by atoms with van der Waals surface area (Å²) in [5, 5.41) is 3.23. The fourth-order valence-corrected chi connectivity index (χ4v) is 2.11. The molecule has 0 amide bonds. The van der Waals surface area contributed by atoms with Gasteiger partial charge in [0, 0.05) is 5.56 Å². The fourth-order valence-electron chi connectivity index (χ4n) is 2.11. The first-order valence-corrected chi connectivity index (χ1v) is 6.43. The number of ketones is 1. The summed E-state index contributed by atoms with van der Waals surface area (Å²) >= 11 is 0. The average Bonchev–Trinajstić information content (AvgIpc) is 2.84. The molecule has 1 heterocycles. The van der Waals surface area contributed by atoms with E-state index >= 15 is 0 Å². The zero-order valence-corrected chi connectivity index (χ0v) is 10.9. The SMILES string of the molecule is CCC[C@H](NCC)C(=O)c1ccc2c(c1)OCO2. The van der Waals surface area contributed by atoms with Gasteiger partial charge in [-0.15, -0.1) is 0 Å². The van der Waals surface area contributed by atoms with Crippen molar-refractivity contribution in [3.8, 4) is 11.5 Å². The Morgan fingerprint density at radius 1 is 1.33 bits per heavy atom. The van der Waals surface area contributed by atoms with Crippen LogP contribution in [0.1, 0.15) is 37.0 Å². The van der Waals surface area contributed by atoms with Gasteiger partial charge in [0.25, 0.3) is 0 Å². The number of carbonyl (C=O) groups is 1. The van der Waals surface area contributed by atoms with E-state index in [0.717, 1.165) is 19.4 Å². The lowest BCUT2D eigenvalue weighted by Gasteiger charge is -2.15. The number of nitrogens with one attached hydrogen (secondary N) is 1. The molecule has 4 heteroatoms. The van der Waals surface area contributed by atoms with E-state index in [0.29, 0.717) is 17.1 Å². The first kappa shape index (κ1) is 12.9. The molecule has 4 nitrogen and oxygen atoms in total. The lowest BCUT2D eigenvalue weighted by molar-refractivity contribution is 0.0938. The highest BCUT2D eigenvalue weighted by atomic mass is 16.7. The molecule has 1 N–H and O–H groups in total. The summed E-state index contributed by atoms with van der Waals surface area (Å²) in [7, 11) is 0. The predicted octanol–water partition coefficient (Wildman–Crippen LogP) is 2.38. The van der Waals surface area contributed by atoms with Crippen LogP contribution in [0.5, 0.6) is 11.5 Å². The van der Waals surface area contributed by atoms with Gasteiger partial charge in [0.15, 0.2) is 17.3 Å². The summed E-state index contributed by atoms with van der Waals surface area (Å²) in [5.74, 6) is 1.49. The van der Waals surface area contributed by atoms with Crippen molar-refractivity contribution in [2.75, 3.05) is 13.3 Å². The highest BCUT2D eigenvalue weighted by molar-refractivity contribution is 6.00. The number of rotatable bonds is 6. The third-order valence-corrected chi connectivity index (χ3v) is 3.00. The molecule has 1 aliphatic heterocycles. The van der Waals surface area contributed by atoms with Gasteiger partial charge in [-0.25, -0.2) is 0 Å². The molecule has 0 bridgehead atoms. The van der Waals surface area contributed by atoms with E-state index in [-0.39, 0.29) is 18.6 Å². The minimum Gasteiger partial charge on any atom is -0.454 e. The van der Waals surface area contributed by atoms with Crippen molar-refractivity contribution < 1.29 is 14.3 Å². The Hall–Kier alpha value is -1.55. The smallest absolute Gasteiger partial charge is 0.231 e. The van der Waals surface area contributed by atoms with Crippen LogP contribution in [0, 0.1) is 0 Å². The topological polar surface area (TPSA) is 47.6 Å². The van der Waals surface area contributed by atoms with Gasteiger partial charge in [-0.1, -0.05) is 20.3 Å². The summed E-state index contributed by atoms with van der Waals surface area (Å²) in [6.45, 7) is 5.12. The Bertz CT molecular complexity index is 425. The number of benzene rings is 1. The predicted molar refractivity (Wildman–Crippen MR) is 69.3 cm³/mol. The van der Waals surface area contributed by atoms with Crippen LogP contribution in [0.3, 0.4) is 0 Å². The fraction of sp³-hybridized carbons (Fsp3) is 0.500. The minimum absolute atomic E-state index is 0.111. The third-order valence-electron chi connectivity index (χ3n) is 3.00. The van der Waals surface area contributed by atoms with Crippen molar-refractivity contribution in [2.45, 2.75) is 32.7 Å². The van der Waals surface area contributed by atoms with Gasteiger partial charge in [0.2, 0.25) is 6.79 Å². The van der Waals surface area contributed by atoms with Gasteiger partial charge in [-0.05, 0) is 31.2 Å². The Balaban J connectivity index is 2.16. The molecule has 0 unspecified atom stereocenters. The monoisotopic (exact) mass is 249 g/mol. The summed E-state index contributed by atoms with van der Waals surface area (Å²) in [6.07, 6.45) is 1.83. The highest BCUT2D eigenvalue weighted by Gasteiger charge is 2.21. The van der Waals surface area contributed by atoms with Crippen LogP contribution in [0.2, 0.25) is 0 Å². The number of ether oxygens (including phenoxy) is 2. The lowest BCUT2D eigenvalue weighted by Crippen LogP contribution is -2.36. The third kappa shape index (κ3) is 2.64. The van der Waals surface area contributed by atoms with E-state index in [1.54, 1.807) is 18.2 Å². The summed E-state index contributed by atoms with van der Waals surface area (Å²) in [4.78, 5) is 12.4. The second-order valence-electron chi connectivity index (χ2n) is 4.33. The Labute approximate surface area is 107 Å². The molecular weight excluding hydrogens is 230 g/mol. The second-order valence-corrected chi connectivity index (χ2v) is 4.33. The van der Waals surface area contributed by atoms with E-state index in [2.05, 4.69) is 12.2 Å². The molecule has 1 aromatic carbocycles. The molecular formula is C14H19NO3. The molecule has 0 spiro atoms. The van der Waals surface area contributed by atoms with Gasteiger partial charge < -0.3 is 14.8 Å². The van der Waals surface area contributed by atoms with Crippen LogP contribution >= 0.6 is 0 Å². The van der Waals surface area contributed by atoms with E-state index in [1.807, 2.05) is 6.92 Å². The summed E-state index contributed by atoms with van der Waals surface area (Å²) in [5.41, 5.74) is 0.679. The number of Topliss-reactive ketones (excluding diaryl/α,β-unsaturated/α-hetero) is 1. The van der Waals surface area contributed by atoms with Gasteiger partial charge >= 0.3 is 0 Å². The molecule has 1 aliphatic rings. The Kier molecular flexibility index (Phi) is 4.20. The average molecular weight is 249 g/mol. The molecule has 0 saturated heterocycles. The molecule has 0 fully saturated rings.